The first-order chi connectivity index (χ1) is 11.6. The van der Waals surface area contributed by atoms with Crippen molar-refractivity contribution in [3.63, 3.8) is 0 Å². The van der Waals surface area contributed by atoms with Crippen molar-refractivity contribution < 1.29 is 9.53 Å². The number of hydrogen-bond acceptors (Lipinski definition) is 2. The van der Waals surface area contributed by atoms with Crippen molar-refractivity contribution in [1.29, 1.82) is 0 Å². The molecular weight excluding hydrogens is 298 g/mol. The van der Waals surface area contributed by atoms with Gasteiger partial charge in [-0.1, -0.05) is 50.2 Å². The van der Waals surface area contributed by atoms with Gasteiger partial charge in [-0.25, -0.2) is 0 Å². The van der Waals surface area contributed by atoms with Crippen LogP contribution >= 0.6 is 0 Å². The first-order valence-corrected chi connectivity index (χ1v) is 8.62. The lowest BCUT2D eigenvalue weighted by atomic mass is 9.95. The van der Waals surface area contributed by atoms with Gasteiger partial charge in [0.05, 0.1) is 13.2 Å². The van der Waals surface area contributed by atoms with Gasteiger partial charge < -0.3 is 10.1 Å². The number of hydrogen-bond donors (Lipinski definition) is 1. The summed E-state index contributed by atoms with van der Waals surface area (Å²) in [6.45, 7) is 4.37. The Labute approximate surface area is 144 Å². The van der Waals surface area contributed by atoms with Crippen molar-refractivity contribution in [2.45, 2.75) is 38.6 Å². The Kier molecular flexibility index (Phi) is 4.89. The molecule has 0 radical (unpaired) electrons. The highest BCUT2D eigenvalue weighted by atomic mass is 16.5. The Morgan fingerprint density at radius 1 is 1.04 bits per heavy atom. The summed E-state index contributed by atoms with van der Waals surface area (Å²) in [5.41, 5.74) is 3.44. The molecule has 1 atom stereocenters. The van der Waals surface area contributed by atoms with Crippen LogP contribution in [0.25, 0.3) is 0 Å². The molecule has 3 heteroatoms. The molecule has 3 rings (SSSR count). The molecule has 3 nitrogen and oxygen atoms in total. The Morgan fingerprint density at radius 3 is 2.29 bits per heavy atom. The van der Waals surface area contributed by atoms with E-state index < -0.39 is 0 Å². The SMILES string of the molecule is COc1cccc([C@H](NC(=O)C2CC2)c2ccc(C(C)C)cc2)c1. The van der Waals surface area contributed by atoms with E-state index in [4.69, 9.17) is 4.74 Å². The van der Waals surface area contributed by atoms with Gasteiger partial charge in [-0.05, 0) is 47.6 Å². The highest BCUT2D eigenvalue weighted by molar-refractivity contribution is 5.81. The van der Waals surface area contributed by atoms with Crippen LogP contribution in [-0.2, 0) is 4.79 Å². The van der Waals surface area contributed by atoms with E-state index in [-0.39, 0.29) is 17.9 Å². The van der Waals surface area contributed by atoms with Crippen LogP contribution in [0.3, 0.4) is 0 Å². The minimum absolute atomic E-state index is 0.144. The molecule has 1 aliphatic rings. The van der Waals surface area contributed by atoms with Crippen molar-refractivity contribution in [1.82, 2.24) is 5.32 Å². The Bertz CT molecular complexity index is 702. The third-order valence-electron chi connectivity index (χ3n) is 4.60. The Balaban J connectivity index is 1.92. The van der Waals surface area contributed by atoms with Gasteiger partial charge >= 0.3 is 0 Å². The molecule has 24 heavy (non-hydrogen) atoms. The smallest absolute Gasteiger partial charge is 0.223 e. The van der Waals surface area contributed by atoms with E-state index in [1.165, 1.54) is 5.56 Å². The molecule has 1 saturated carbocycles. The number of ether oxygens (including phenoxy) is 1. The Morgan fingerprint density at radius 2 is 1.71 bits per heavy atom. The van der Waals surface area contributed by atoms with Crippen LogP contribution in [0, 0.1) is 5.92 Å². The molecule has 1 N–H and O–H groups in total. The second-order valence-electron chi connectivity index (χ2n) is 6.81. The zero-order chi connectivity index (χ0) is 17.1. The molecule has 1 amide bonds. The number of methoxy groups -OCH3 is 1. The molecule has 0 bridgehead atoms. The van der Waals surface area contributed by atoms with Crippen LogP contribution in [-0.4, -0.2) is 13.0 Å². The fourth-order valence-corrected chi connectivity index (χ4v) is 2.86. The molecular formula is C21H25NO2. The predicted octanol–water partition coefficient (Wildman–Crippen LogP) is 4.43. The highest BCUT2D eigenvalue weighted by Gasteiger charge is 2.31. The van der Waals surface area contributed by atoms with Gasteiger partial charge in [0.1, 0.15) is 5.75 Å². The summed E-state index contributed by atoms with van der Waals surface area (Å²) < 4.78 is 5.34. The molecule has 1 aliphatic carbocycles. The fraction of sp³-hybridized carbons (Fsp3) is 0.381. The van der Waals surface area contributed by atoms with Crippen molar-refractivity contribution in [2.75, 3.05) is 7.11 Å². The van der Waals surface area contributed by atoms with E-state index in [1.54, 1.807) is 7.11 Å². The second-order valence-corrected chi connectivity index (χ2v) is 6.81. The van der Waals surface area contributed by atoms with Gasteiger partial charge in [-0.3, -0.25) is 4.79 Å². The van der Waals surface area contributed by atoms with E-state index >= 15 is 0 Å². The largest absolute Gasteiger partial charge is 0.497 e. The standard InChI is InChI=1S/C21H25NO2/c1-14(2)15-7-9-16(10-8-15)20(22-21(23)17-11-12-17)18-5-4-6-19(13-18)24-3/h4-10,13-14,17,20H,11-12H2,1-3H3,(H,22,23)/t20-/m1/s1. The number of rotatable bonds is 6. The predicted molar refractivity (Wildman–Crippen MR) is 96.2 cm³/mol. The van der Waals surface area contributed by atoms with Gasteiger partial charge in [-0.15, -0.1) is 0 Å². The molecule has 2 aromatic rings. The molecule has 0 heterocycles. The van der Waals surface area contributed by atoms with E-state index in [1.807, 2.05) is 24.3 Å². The molecule has 2 aromatic carbocycles. The summed E-state index contributed by atoms with van der Waals surface area (Å²) in [7, 11) is 1.66. The van der Waals surface area contributed by atoms with E-state index in [2.05, 4.69) is 43.4 Å². The molecule has 1 fully saturated rings. The van der Waals surface area contributed by atoms with Gasteiger partial charge in [0.25, 0.3) is 0 Å². The van der Waals surface area contributed by atoms with Gasteiger partial charge in [-0.2, -0.15) is 0 Å². The summed E-state index contributed by atoms with van der Waals surface area (Å²) in [6.07, 6.45) is 2.01. The van der Waals surface area contributed by atoms with Gasteiger partial charge in [0, 0.05) is 5.92 Å². The van der Waals surface area contributed by atoms with Crippen LogP contribution in [0.2, 0.25) is 0 Å². The van der Waals surface area contributed by atoms with Crippen molar-refractivity contribution in [3.8, 4) is 5.75 Å². The number of carbonyl (C=O) groups is 1. The van der Waals surface area contributed by atoms with Crippen LogP contribution in [0.15, 0.2) is 48.5 Å². The lowest BCUT2D eigenvalue weighted by Gasteiger charge is -2.21. The first-order valence-electron chi connectivity index (χ1n) is 8.62. The molecule has 0 aromatic heterocycles. The zero-order valence-electron chi connectivity index (χ0n) is 14.6. The summed E-state index contributed by atoms with van der Waals surface area (Å²) >= 11 is 0. The van der Waals surface area contributed by atoms with Crippen molar-refractivity contribution in [2.24, 2.45) is 5.92 Å². The summed E-state index contributed by atoms with van der Waals surface area (Å²) in [5, 5.41) is 3.22. The van der Waals surface area contributed by atoms with Crippen LogP contribution in [0.1, 0.15) is 55.3 Å². The number of carbonyl (C=O) groups excluding carboxylic acids is 1. The maximum Gasteiger partial charge on any atom is 0.223 e. The molecule has 126 valence electrons. The van der Waals surface area contributed by atoms with Crippen molar-refractivity contribution in [3.05, 3.63) is 65.2 Å². The van der Waals surface area contributed by atoms with Crippen LogP contribution in [0.5, 0.6) is 5.75 Å². The normalized spacial score (nSPS) is 15.2. The maximum absolute atomic E-state index is 12.3. The van der Waals surface area contributed by atoms with E-state index in [0.717, 1.165) is 29.7 Å². The minimum atomic E-state index is -0.144. The number of benzene rings is 2. The number of amides is 1. The first kappa shape index (κ1) is 16.6. The summed E-state index contributed by atoms with van der Waals surface area (Å²) in [6, 6.07) is 16.3. The van der Waals surface area contributed by atoms with E-state index in [9.17, 15) is 4.79 Å². The second kappa shape index (κ2) is 7.08. The molecule has 0 saturated heterocycles. The topological polar surface area (TPSA) is 38.3 Å². The van der Waals surface area contributed by atoms with Gasteiger partial charge in [0.2, 0.25) is 5.91 Å². The van der Waals surface area contributed by atoms with Crippen LogP contribution < -0.4 is 10.1 Å². The highest BCUT2D eigenvalue weighted by Crippen LogP contribution is 2.32. The average Bonchev–Trinajstić information content (AvgIpc) is 3.45. The maximum atomic E-state index is 12.3. The fourth-order valence-electron chi connectivity index (χ4n) is 2.86. The lowest BCUT2D eigenvalue weighted by molar-refractivity contribution is -0.122. The molecule has 0 unspecified atom stereocenters. The Hall–Kier alpha value is -2.29. The molecule has 0 aliphatic heterocycles. The number of nitrogens with one attached hydrogen (secondary N) is 1. The summed E-state index contributed by atoms with van der Waals surface area (Å²) in [4.78, 5) is 12.3. The third-order valence-corrected chi connectivity index (χ3v) is 4.60. The quantitative estimate of drug-likeness (QED) is 0.854. The minimum Gasteiger partial charge on any atom is -0.497 e. The van der Waals surface area contributed by atoms with E-state index in [0.29, 0.717) is 5.92 Å². The monoisotopic (exact) mass is 323 g/mol. The summed E-state index contributed by atoms with van der Waals surface area (Å²) in [5.74, 6) is 1.64. The van der Waals surface area contributed by atoms with Gasteiger partial charge in [0.15, 0.2) is 0 Å². The average molecular weight is 323 g/mol. The zero-order valence-corrected chi connectivity index (χ0v) is 14.6. The molecule has 0 spiro atoms. The third kappa shape index (κ3) is 3.78. The van der Waals surface area contributed by atoms with Crippen LogP contribution in [0.4, 0.5) is 0 Å². The lowest BCUT2D eigenvalue weighted by Crippen LogP contribution is -2.30. The van der Waals surface area contributed by atoms with Crippen molar-refractivity contribution >= 4 is 5.91 Å².